The summed E-state index contributed by atoms with van der Waals surface area (Å²) < 4.78 is 5.51. The lowest BCUT2D eigenvalue weighted by Crippen LogP contribution is -2.48. The van der Waals surface area contributed by atoms with E-state index < -0.39 is 5.60 Å². The second-order valence-electron chi connectivity index (χ2n) is 8.40. The van der Waals surface area contributed by atoms with Gasteiger partial charge >= 0.3 is 6.09 Å². The van der Waals surface area contributed by atoms with Crippen LogP contribution < -0.4 is 10.6 Å². The molecule has 0 bridgehead atoms. The first-order valence-corrected chi connectivity index (χ1v) is 11.1. The smallest absolute Gasteiger partial charge is 0.410 e. The van der Waals surface area contributed by atoms with Crippen molar-refractivity contribution in [1.29, 1.82) is 0 Å². The van der Waals surface area contributed by atoms with Crippen LogP contribution in [-0.2, 0) is 4.74 Å². The molecule has 0 spiro atoms. The van der Waals surface area contributed by atoms with Gasteiger partial charge in [0, 0.05) is 38.0 Å². The van der Waals surface area contributed by atoms with E-state index in [1.165, 1.54) is 19.3 Å². The number of hydrogen-bond acceptors (Lipinski definition) is 4. The zero-order valence-electron chi connectivity index (χ0n) is 17.4. The number of likely N-dealkylation sites (tertiary alicyclic amines) is 1. The van der Waals surface area contributed by atoms with Crippen LogP contribution >= 0.6 is 35.7 Å². The topological polar surface area (TPSA) is 66.0 Å². The highest BCUT2D eigenvalue weighted by Crippen LogP contribution is 2.28. The standard InChI is InChI=1S/C19H36N4O2S.HI/c1-19(2,3)25-18(24)23-10-6-7-14(13-23)12-21-17(20-4)22-15-8-9-16(11-15)26-5;/h14-16H,6-13H2,1-5H3,(H2,20,21,22);1H. The zero-order chi connectivity index (χ0) is 19.2. The van der Waals surface area contributed by atoms with Crippen LogP contribution in [-0.4, -0.2) is 66.8 Å². The van der Waals surface area contributed by atoms with E-state index in [1.807, 2.05) is 44.5 Å². The number of aliphatic imine (C=N–C) groups is 1. The van der Waals surface area contributed by atoms with Gasteiger partial charge in [0.05, 0.1) is 0 Å². The predicted molar refractivity (Wildman–Crippen MR) is 125 cm³/mol. The Balaban J connectivity index is 0.00000364. The molecule has 2 fully saturated rings. The molecule has 8 heteroatoms. The van der Waals surface area contributed by atoms with E-state index in [1.54, 1.807) is 0 Å². The summed E-state index contributed by atoms with van der Waals surface area (Å²) in [7, 11) is 1.82. The third-order valence-corrected chi connectivity index (χ3v) is 6.11. The van der Waals surface area contributed by atoms with Gasteiger partial charge in [-0.3, -0.25) is 4.99 Å². The van der Waals surface area contributed by atoms with Gasteiger partial charge in [0.15, 0.2) is 5.96 Å². The van der Waals surface area contributed by atoms with Gasteiger partial charge in [-0.05, 0) is 65.0 Å². The van der Waals surface area contributed by atoms with Crippen molar-refractivity contribution in [3.05, 3.63) is 0 Å². The lowest BCUT2D eigenvalue weighted by molar-refractivity contribution is 0.0168. The first-order chi connectivity index (χ1) is 12.3. The van der Waals surface area contributed by atoms with E-state index in [2.05, 4.69) is 21.9 Å². The highest BCUT2D eigenvalue weighted by molar-refractivity contribution is 14.0. The Morgan fingerprint density at radius 3 is 2.63 bits per heavy atom. The van der Waals surface area contributed by atoms with Crippen LogP contribution in [0.15, 0.2) is 4.99 Å². The van der Waals surface area contributed by atoms with Crippen LogP contribution in [0.4, 0.5) is 4.79 Å². The second kappa shape index (κ2) is 11.6. The highest BCUT2D eigenvalue weighted by Gasteiger charge is 2.28. The summed E-state index contributed by atoms with van der Waals surface area (Å²) in [5, 5.41) is 7.78. The molecule has 1 amide bonds. The number of carbonyl (C=O) groups excluding carboxylic acids is 1. The quantitative estimate of drug-likeness (QED) is 0.342. The Labute approximate surface area is 186 Å². The number of guanidine groups is 1. The van der Waals surface area contributed by atoms with Crippen LogP contribution in [0.25, 0.3) is 0 Å². The Kier molecular flexibility index (Phi) is 10.6. The monoisotopic (exact) mass is 512 g/mol. The molecule has 0 aromatic carbocycles. The maximum atomic E-state index is 12.3. The maximum Gasteiger partial charge on any atom is 0.410 e. The van der Waals surface area contributed by atoms with Crippen molar-refractivity contribution in [3.63, 3.8) is 0 Å². The number of halogens is 1. The molecule has 2 N–H and O–H groups in total. The van der Waals surface area contributed by atoms with E-state index in [0.717, 1.165) is 43.7 Å². The Hall–Kier alpha value is -0.380. The molecule has 1 heterocycles. The summed E-state index contributed by atoms with van der Waals surface area (Å²) in [4.78, 5) is 18.5. The number of nitrogens with zero attached hydrogens (tertiary/aromatic N) is 2. The third kappa shape index (κ3) is 8.66. The predicted octanol–water partition coefficient (Wildman–Crippen LogP) is 3.70. The molecule has 6 nitrogen and oxygen atoms in total. The molecular weight excluding hydrogens is 475 g/mol. The molecule has 3 unspecified atom stereocenters. The number of rotatable bonds is 4. The molecular formula is C19H37IN4O2S. The minimum atomic E-state index is -0.440. The maximum absolute atomic E-state index is 12.3. The van der Waals surface area contributed by atoms with Crippen LogP contribution in [0.3, 0.4) is 0 Å². The molecule has 2 aliphatic rings. The summed E-state index contributed by atoms with van der Waals surface area (Å²) in [6.45, 7) is 8.10. The van der Waals surface area contributed by atoms with Crippen molar-refractivity contribution in [2.75, 3.05) is 32.9 Å². The lowest BCUT2D eigenvalue weighted by atomic mass is 9.98. The average molecular weight is 513 g/mol. The fourth-order valence-corrected chi connectivity index (χ4v) is 4.43. The van der Waals surface area contributed by atoms with Crippen molar-refractivity contribution >= 4 is 47.8 Å². The number of hydrogen-bond donors (Lipinski definition) is 2. The van der Waals surface area contributed by atoms with E-state index in [-0.39, 0.29) is 30.1 Å². The van der Waals surface area contributed by atoms with E-state index in [9.17, 15) is 4.79 Å². The van der Waals surface area contributed by atoms with Crippen LogP contribution in [0.5, 0.6) is 0 Å². The van der Waals surface area contributed by atoms with Crippen LogP contribution in [0.1, 0.15) is 52.9 Å². The fourth-order valence-electron chi connectivity index (χ4n) is 3.64. The molecule has 0 aromatic rings. The number of amides is 1. The van der Waals surface area contributed by atoms with Gasteiger partial charge in [0.2, 0.25) is 0 Å². The van der Waals surface area contributed by atoms with Gasteiger partial charge in [0.1, 0.15) is 5.60 Å². The summed E-state index contributed by atoms with van der Waals surface area (Å²) in [6.07, 6.45) is 7.85. The Bertz CT molecular complexity index is 499. The molecule has 1 aliphatic heterocycles. The summed E-state index contributed by atoms with van der Waals surface area (Å²) in [6, 6.07) is 0.517. The molecule has 2 rings (SSSR count). The van der Waals surface area contributed by atoms with Crippen molar-refractivity contribution < 1.29 is 9.53 Å². The van der Waals surface area contributed by atoms with Crippen LogP contribution in [0.2, 0.25) is 0 Å². The fraction of sp³-hybridized carbons (Fsp3) is 0.895. The number of thioether (sulfide) groups is 1. The van der Waals surface area contributed by atoms with Crippen molar-refractivity contribution in [3.8, 4) is 0 Å². The molecule has 1 saturated carbocycles. The summed E-state index contributed by atoms with van der Waals surface area (Å²) in [5.41, 5.74) is -0.440. The summed E-state index contributed by atoms with van der Waals surface area (Å²) in [5.74, 6) is 1.31. The highest BCUT2D eigenvalue weighted by atomic mass is 127. The zero-order valence-corrected chi connectivity index (χ0v) is 20.6. The molecule has 1 saturated heterocycles. The van der Waals surface area contributed by atoms with Crippen LogP contribution in [0, 0.1) is 5.92 Å². The number of ether oxygens (including phenoxy) is 1. The summed E-state index contributed by atoms with van der Waals surface area (Å²) >= 11 is 1.96. The van der Waals surface area contributed by atoms with Gasteiger partial charge < -0.3 is 20.3 Å². The van der Waals surface area contributed by atoms with Gasteiger partial charge in [0.25, 0.3) is 0 Å². The van der Waals surface area contributed by atoms with E-state index in [4.69, 9.17) is 4.74 Å². The SMILES string of the molecule is CN=C(NCC1CCCN(C(=O)OC(C)(C)C)C1)NC1CCC(SC)C1.I. The number of carbonyl (C=O) groups is 1. The van der Waals surface area contributed by atoms with Crippen molar-refractivity contribution in [2.45, 2.75) is 69.8 Å². The number of piperidine rings is 1. The minimum absolute atomic E-state index is 0. The molecule has 27 heavy (non-hydrogen) atoms. The number of nitrogens with one attached hydrogen (secondary N) is 2. The van der Waals surface area contributed by atoms with Crippen molar-refractivity contribution in [1.82, 2.24) is 15.5 Å². The molecule has 158 valence electrons. The molecule has 0 radical (unpaired) electrons. The largest absolute Gasteiger partial charge is 0.444 e. The molecule has 3 atom stereocenters. The third-order valence-electron chi connectivity index (χ3n) is 5.01. The normalized spacial score (nSPS) is 26.3. The molecule has 1 aliphatic carbocycles. The van der Waals surface area contributed by atoms with E-state index >= 15 is 0 Å². The average Bonchev–Trinajstić information content (AvgIpc) is 3.05. The first kappa shape index (κ1) is 24.7. The van der Waals surface area contributed by atoms with Gasteiger partial charge in [-0.1, -0.05) is 0 Å². The second-order valence-corrected chi connectivity index (χ2v) is 9.54. The van der Waals surface area contributed by atoms with Crippen molar-refractivity contribution in [2.24, 2.45) is 10.9 Å². The van der Waals surface area contributed by atoms with Gasteiger partial charge in [-0.15, -0.1) is 24.0 Å². The van der Waals surface area contributed by atoms with Gasteiger partial charge in [-0.2, -0.15) is 11.8 Å². The van der Waals surface area contributed by atoms with E-state index in [0.29, 0.717) is 12.0 Å². The lowest BCUT2D eigenvalue weighted by Gasteiger charge is -2.34. The first-order valence-electron chi connectivity index (χ1n) is 9.78. The minimum Gasteiger partial charge on any atom is -0.444 e. The Morgan fingerprint density at radius 2 is 2.04 bits per heavy atom. The molecule has 0 aromatic heterocycles. The van der Waals surface area contributed by atoms with Gasteiger partial charge in [-0.25, -0.2) is 4.79 Å². The Morgan fingerprint density at radius 1 is 1.30 bits per heavy atom.